The minimum Gasteiger partial charge on any atom is -0.492 e. The van der Waals surface area contributed by atoms with Gasteiger partial charge >= 0.3 is 18.2 Å². The molecule has 0 atom stereocenters. The highest BCUT2D eigenvalue weighted by atomic mass is 127. The molecule has 224 valence electrons. The van der Waals surface area contributed by atoms with Crippen molar-refractivity contribution in [3.63, 3.8) is 0 Å². The number of carbonyl (C=O) groups is 3. The van der Waals surface area contributed by atoms with E-state index in [9.17, 15) is 14.4 Å². The molecule has 4 amide bonds. The standard InChI is InChI=1S/C27H41ClIN5O6/c1-26(2,3)39-23(35)30-22(33-17-31(7)24(36)32(8)18-33)34(25(37)40-27(4,5)6)14-12-19-10-11-21(20(29)16-19)38-15-9-13-28/h10-11,16H,9,12-15,17-18H2,1-8H3/b30-22-. The van der Waals surface area contributed by atoms with Crippen molar-refractivity contribution in [1.82, 2.24) is 19.6 Å². The number of hydrogen-bond acceptors (Lipinski definition) is 6. The van der Waals surface area contributed by atoms with Crippen LogP contribution >= 0.6 is 34.2 Å². The number of hydrogen-bond donors (Lipinski definition) is 0. The van der Waals surface area contributed by atoms with Crippen LogP contribution in [-0.4, -0.2) is 101 Å². The molecule has 0 spiro atoms. The number of carbonyl (C=O) groups excluding carboxylic acids is 3. The minimum absolute atomic E-state index is 0.0328. The Balaban J connectivity index is 2.44. The molecule has 0 unspecified atom stereocenters. The fourth-order valence-corrected chi connectivity index (χ4v) is 4.49. The van der Waals surface area contributed by atoms with Gasteiger partial charge in [-0.3, -0.25) is 0 Å². The monoisotopic (exact) mass is 693 g/mol. The predicted octanol–water partition coefficient (Wildman–Crippen LogP) is 5.58. The van der Waals surface area contributed by atoms with Gasteiger partial charge in [-0.15, -0.1) is 16.6 Å². The Morgan fingerprint density at radius 3 is 2.17 bits per heavy atom. The molecule has 1 fully saturated rings. The predicted molar refractivity (Wildman–Crippen MR) is 163 cm³/mol. The summed E-state index contributed by atoms with van der Waals surface area (Å²) < 4.78 is 17.9. The van der Waals surface area contributed by atoms with E-state index >= 15 is 0 Å². The first-order valence-corrected chi connectivity index (χ1v) is 14.6. The normalized spacial score (nSPS) is 14.8. The third-order valence-electron chi connectivity index (χ3n) is 5.30. The van der Waals surface area contributed by atoms with Crippen molar-refractivity contribution < 1.29 is 28.6 Å². The summed E-state index contributed by atoms with van der Waals surface area (Å²) in [7, 11) is 3.26. The van der Waals surface area contributed by atoms with Crippen molar-refractivity contribution in [2.24, 2.45) is 4.99 Å². The summed E-state index contributed by atoms with van der Waals surface area (Å²) >= 11 is 7.96. The molecular formula is C27H41ClIN5O6. The van der Waals surface area contributed by atoms with Gasteiger partial charge in [-0.2, -0.15) is 0 Å². The van der Waals surface area contributed by atoms with E-state index < -0.39 is 23.4 Å². The summed E-state index contributed by atoms with van der Waals surface area (Å²) in [6.07, 6.45) is -0.349. The fraction of sp³-hybridized carbons (Fsp3) is 0.630. The van der Waals surface area contributed by atoms with Crippen LogP contribution in [0.3, 0.4) is 0 Å². The van der Waals surface area contributed by atoms with Crippen LogP contribution in [-0.2, 0) is 15.9 Å². The summed E-state index contributed by atoms with van der Waals surface area (Å²) in [5.41, 5.74) is -0.643. The molecule has 11 nitrogen and oxygen atoms in total. The first-order chi connectivity index (χ1) is 18.5. The van der Waals surface area contributed by atoms with Crippen molar-refractivity contribution in [3.8, 4) is 5.75 Å². The van der Waals surface area contributed by atoms with Crippen LogP contribution in [0.2, 0.25) is 0 Å². The summed E-state index contributed by atoms with van der Waals surface area (Å²) in [5.74, 6) is 1.32. The van der Waals surface area contributed by atoms with Gasteiger partial charge in [0.15, 0.2) is 0 Å². The lowest BCUT2D eigenvalue weighted by atomic mass is 10.1. The number of alkyl halides is 1. The molecule has 0 aromatic heterocycles. The summed E-state index contributed by atoms with van der Waals surface area (Å²) in [6.45, 7) is 11.4. The van der Waals surface area contributed by atoms with Crippen LogP contribution in [0.4, 0.5) is 14.4 Å². The Hall–Kier alpha value is -2.48. The molecule has 1 aliphatic heterocycles. The average molecular weight is 694 g/mol. The number of guanidine groups is 1. The van der Waals surface area contributed by atoms with E-state index in [1.54, 1.807) is 60.5 Å². The quantitative estimate of drug-likeness (QED) is 0.121. The molecule has 1 heterocycles. The van der Waals surface area contributed by atoms with Gasteiger partial charge < -0.3 is 28.9 Å². The van der Waals surface area contributed by atoms with Gasteiger partial charge in [0.1, 0.15) is 17.0 Å². The molecule has 0 bridgehead atoms. The number of amides is 4. The van der Waals surface area contributed by atoms with Gasteiger partial charge in [0, 0.05) is 26.5 Å². The van der Waals surface area contributed by atoms with Crippen molar-refractivity contribution >= 4 is 58.4 Å². The lowest BCUT2D eigenvalue weighted by Gasteiger charge is -2.42. The van der Waals surface area contributed by atoms with E-state index in [-0.39, 0.29) is 31.9 Å². The molecule has 40 heavy (non-hydrogen) atoms. The number of benzene rings is 1. The van der Waals surface area contributed by atoms with Crippen LogP contribution in [0.25, 0.3) is 0 Å². The molecule has 1 aliphatic rings. The lowest BCUT2D eigenvalue weighted by molar-refractivity contribution is 0.0314. The number of aliphatic imine (C=N–C) groups is 1. The van der Waals surface area contributed by atoms with Crippen LogP contribution in [0, 0.1) is 3.57 Å². The average Bonchev–Trinajstić information content (AvgIpc) is 2.80. The third-order valence-corrected chi connectivity index (χ3v) is 6.41. The molecule has 0 saturated carbocycles. The largest absolute Gasteiger partial charge is 0.492 e. The number of rotatable bonds is 7. The second-order valence-corrected chi connectivity index (χ2v) is 13.0. The molecule has 1 saturated heterocycles. The summed E-state index contributed by atoms with van der Waals surface area (Å²) in [6, 6.07) is 5.60. The zero-order valence-electron chi connectivity index (χ0n) is 24.6. The van der Waals surface area contributed by atoms with E-state index in [0.717, 1.165) is 21.3 Å². The van der Waals surface area contributed by atoms with Gasteiger partial charge in [0.25, 0.3) is 0 Å². The Bertz CT molecular complexity index is 1070. The zero-order valence-corrected chi connectivity index (χ0v) is 27.5. The maximum atomic E-state index is 13.5. The van der Waals surface area contributed by atoms with Gasteiger partial charge in [-0.25, -0.2) is 19.3 Å². The highest BCUT2D eigenvalue weighted by Crippen LogP contribution is 2.23. The van der Waals surface area contributed by atoms with Crippen LogP contribution < -0.4 is 4.74 Å². The molecule has 0 radical (unpaired) electrons. The number of halogens is 2. The van der Waals surface area contributed by atoms with Gasteiger partial charge in [0.05, 0.1) is 23.5 Å². The molecule has 0 N–H and O–H groups in total. The van der Waals surface area contributed by atoms with Crippen molar-refractivity contribution in [1.29, 1.82) is 0 Å². The van der Waals surface area contributed by atoms with Crippen molar-refractivity contribution in [2.75, 3.05) is 46.5 Å². The number of nitrogens with zero attached hydrogens (tertiary/aromatic N) is 5. The molecule has 13 heteroatoms. The maximum Gasteiger partial charge on any atom is 0.437 e. The number of urea groups is 1. The topological polar surface area (TPSA) is 104 Å². The first-order valence-electron chi connectivity index (χ1n) is 13.0. The number of ether oxygens (including phenoxy) is 3. The second-order valence-electron chi connectivity index (χ2n) is 11.4. The molecular weight excluding hydrogens is 653 g/mol. The summed E-state index contributed by atoms with van der Waals surface area (Å²) in [4.78, 5) is 49.0. The fourth-order valence-electron chi connectivity index (χ4n) is 3.65. The van der Waals surface area contributed by atoms with E-state index in [2.05, 4.69) is 27.6 Å². The third kappa shape index (κ3) is 10.8. The van der Waals surface area contributed by atoms with Gasteiger partial charge in [-0.05, 0) is 94.7 Å². The molecule has 1 aromatic rings. The Labute approximate surface area is 255 Å². The summed E-state index contributed by atoms with van der Waals surface area (Å²) in [5, 5.41) is 0. The van der Waals surface area contributed by atoms with E-state index in [4.69, 9.17) is 25.8 Å². The Morgan fingerprint density at radius 1 is 1.05 bits per heavy atom. The minimum atomic E-state index is -0.855. The first kappa shape index (κ1) is 33.7. The van der Waals surface area contributed by atoms with Gasteiger partial charge in [-0.1, -0.05) is 6.07 Å². The molecule has 1 aromatic carbocycles. The van der Waals surface area contributed by atoms with Gasteiger partial charge in [0.2, 0.25) is 5.96 Å². The molecule has 0 aliphatic carbocycles. The van der Waals surface area contributed by atoms with Crippen LogP contribution in [0.15, 0.2) is 23.2 Å². The Kier molecular flexibility index (Phi) is 12.2. The van der Waals surface area contributed by atoms with Crippen molar-refractivity contribution in [2.45, 2.75) is 65.6 Å². The second kappa shape index (κ2) is 14.4. The highest BCUT2D eigenvalue weighted by molar-refractivity contribution is 14.1. The van der Waals surface area contributed by atoms with Crippen LogP contribution in [0.1, 0.15) is 53.5 Å². The van der Waals surface area contributed by atoms with E-state index in [0.29, 0.717) is 18.9 Å². The lowest BCUT2D eigenvalue weighted by Crippen LogP contribution is -2.61. The smallest absolute Gasteiger partial charge is 0.437 e. The highest BCUT2D eigenvalue weighted by Gasteiger charge is 2.35. The zero-order chi connectivity index (χ0) is 30.3. The van der Waals surface area contributed by atoms with E-state index in [1.165, 1.54) is 14.7 Å². The Morgan fingerprint density at radius 2 is 1.65 bits per heavy atom. The maximum absolute atomic E-state index is 13.5. The SMILES string of the molecule is CN1CN(/C(=N/C(=O)OC(C)(C)C)N(CCc2ccc(OCCCCl)c(I)c2)C(=O)OC(C)(C)C)CN(C)C1=O. The molecule has 2 rings (SSSR count). The van der Waals surface area contributed by atoms with E-state index in [1.807, 2.05) is 18.2 Å². The van der Waals surface area contributed by atoms with Crippen molar-refractivity contribution in [3.05, 3.63) is 27.3 Å². The van der Waals surface area contributed by atoms with Crippen LogP contribution in [0.5, 0.6) is 5.75 Å².